The standard InChI is InChI=1S/C42H75NO12/c1-15-31-42(11,48)36(46)24(4)33(44)22(2)19-41(10,50-14)37(55-39-34(45)30(18-23(3)51-39)43(12)21-29-16-17-29)25(5)35(26(6)38(47)53-31)54-32-20-40(9,49-13)27(7)28(8)52-32/h22-32,34-37,39,45-46,48H,15-21H2,1-14H3/t22-,23-,24+,25+,26-,27+,28+,30+,31-,32+,34-,35+,36-,37-,39+,40-,41-,42-/m1/s1. The largest absolute Gasteiger partial charge is 0.459 e. The van der Waals surface area contributed by atoms with E-state index in [2.05, 4.69) is 11.8 Å². The maximum absolute atomic E-state index is 14.3. The van der Waals surface area contributed by atoms with Crippen LogP contribution in [0.25, 0.3) is 0 Å². The fraction of sp³-hybridized carbons (Fsp3) is 0.952. The van der Waals surface area contributed by atoms with Gasteiger partial charge in [0.1, 0.15) is 23.6 Å². The van der Waals surface area contributed by atoms with E-state index in [1.807, 2.05) is 41.7 Å². The van der Waals surface area contributed by atoms with Crippen LogP contribution in [-0.2, 0) is 42.7 Å². The number of aliphatic hydroxyl groups is 3. The van der Waals surface area contributed by atoms with E-state index in [0.29, 0.717) is 18.8 Å². The van der Waals surface area contributed by atoms with Gasteiger partial charge in [0, 0.05) is 56.9 Å². The molecule has 4 rings (SSSR count). The van der Waals surface area contributed by atoms with Gasteiger partial charge in [0.25, 0.3) is 0 Å². The Balaban J connectivity index is 1.83. The van der Waals surface area contributed by atoms with Crippen LogP contribution in [0.2, 0.25) is 0 Å². The zero-order chi connectivity index (χ0) is 41.4. The molecule has 0 aromatic rings. The van der Waals surface area contributed by atoms with Crippen molar-refractivity contribution < 1.29 is 58.1 Å². The Labute approximate surface area is 330 Å². The summed E-state index contributed by atoms with van der Waals surface area (Å²) in [5, 5.41) is 35.1. The first-order valence-corrected chi connectivity index (χ1v) is 20.8. The number of carbonyl (C=O) groups excluding carboxylic acids is 2. The van der Waals surface area contributed by atoms with Gasteiger partial charge in [-0.3, -0.25) is 9.59 Å². The van der Waals surface area contributed by atoms with Crippen molar-refractivity contribution in [3.63, 3.8) is 0 Å². The van der Waals surface area contributed by atoms with Crippen molar-refractivity contribution in [3.8, 4) is 0 Å². The van der Waals surface area contributed by atoms with Crippen molar-refractivity contribution in [1.29, 1.82) is 0 Å². The summed E-state index contributed by atoms with van der Waals surface area (Å²) in [6, 6.07) is -0.217. The summed E-state index contributed by atoms with van der Waals surface area (Å²) in [5.74, 6) is -3.53. The smallest absolute Gasteiger partial charge is 0.311 e. The molecule has 0 unspecified atom stereocenters. The molecule has 1 saturated carbocycles. The Morgan fingerprint density at radius 2 is 1.49 bits per heavy atom. The summed E-state index contributed by atoms with van der Waals surface area (Å²) >= 11 is 0. The Morgan fingerprint density at radius 1 is 0.873 bits per heavy atom. The zero-order valence-corrected chi connectivity index (χ0v) is 36.2. The van der Waals surface area contributed by atoms with Crippen molar-refractivity contribution in [2.45, 2.75) is 193 Å². The first-order valence-electron chi connectivity index (χ1n) is 20.8. The Morgan fingerprint density at radius 3 is 2.05 bits per heavy atom. The number of aliphatic hydroxyl groups excluding tert-OH is 2. The highest BCUT2D eigenvalue weighted by atomic mass is 16.7. The second-order valence-electron chi connectivity index (χ2n) is 18.4. The number of carbonyl (C=O) groups is 2. The van der Waals surface area contributed by atoms with Crippen LogP contribution in [0.15, 0.2) is 0 Å². The summed E-state index contributed by atoms with van der Waals surface area (Å²) in [6.45, 7) is 20.9. The van der Waals surface area contributed by atoms with Crippen LogP contribution in [-0.4, -0.2) is 138 Å². The summed E-state index contributed by atoms with van der Waals surface area (Å²) in [5.41, 5.74) is -3.73. The number of likely N-dealkylation sites (N-methyl/N-ethyl adjacent to an activating group) is 1. The molecular formula is C42H75NO12. The van der Waals surface area contributed by atoms with Crippen LogP contribution < -0.4 is 0 Å². The molecule has 0 amide bonds. The number of Topliss-reactive ketones (excluding diaryl/α,β-unsaturated/α-hetero) is 1. The molecule has 0 aromatic carbocycles. The van der Waals surface area contributed by atoms with Gasteiger partial charge in [-0.15, -0.1) is 0 Å². The van der Waals surface area contributed by atoms with Crippen LogP contribution in [0.1, 0.15) is 115 Å². The fourth-order valence-electron chi connectivity index (χ4n) is 9.53. The molecule has 3 heterocycles. The number of nitrogens with zero attached hydrogens (tertiary/aromatic N) is 1. The third kappa shape index (κ3) is 10.1. The number of hydrogen-bond donors (Lipinski definition) is 3. The van der Waals surface area contributed by atoms with Gasteiger partial charge in [-0.05, 0) is 86.6 Å². The highest BCUT2D eigenvalue weighted by Crippen LogP contribution is 2.43. The van der Waals surface area contributed by atoms with Gasteiger partial charge in [0.2, 0.25) is 0 Å². The van der Waals surface area contributed by atoms with E-state index in [0.717, 1.165) is 6.54 Å². The second-order valence-corrected chi connectivity index (χ2v) is 18.4. The summed E-state index contributed by atoms with van der Waals surface area (Å²) < 4.78 is 45.1. The molecule has 3 aliphatic heterocycles. The van der Waals surface area contributed by atoms with Gasteiger partial charge in [-0.2, -0.15) is 0 Å². The van der Waals surface area contributed by atoms with E-state index in [4.69, 9.17) is 33.2 Å². The lowest BCUT2D eigenvalue weighted by atomic mass is 9.73. The molecule has 0 aromatic heterocycles. The molecule has 3 N–H and O–H groups in total. The van der Waals surface area contributed by atoms with Crippen LogP contribution in [0, 0.1) is 35.5 Å². The third-order valence-electron chi connectivity index (χ3n) is 14.0. The number of hydrogen-bond acceptors (Lipinski definition) is 13. The number of rotatable bonds is 10. The van der Waals surface area contributed by atoms with Gasteiger partial charge in [0.05, 0.1) is 47.6 Å². The third-order valence-corrected chi connectivity index (χ3v) is 14.0. The number of cyclic esters (lactones) is 1. The fourth-order valence-corrected chi connectivity index (χ4v) is 9.53. The van der Waals surface area contributed by atoms with Crippen molar-refractivity contribution in [2.24, 2.45) is 35.5 Å². The van der Waals surface area contributed by atoms with Gasteiger partial charge in [-0.25, -0.2) is 0 Å². The number of ether oxygens (including phenoxy) is 7. The molecular weight excluding hydrogens is 710 g/mol. The monoisotopic (exact) mass is 786 g/mol. The second kappa shape index (κ2) is 18.3. The number of esters is 1. The topological polar surface area (TPSA) is 163 Å². The molecule has 0 spiro atoms. The lowest BCUT2D eigenvalue weighted by Gasteiger charge is -2.50. The lowest BCUT2D eigenvalue weighted by Crippen LogP contribution is -2.61. The van der Waals surface area contributed by atoms with E-state index < -0.39 is 89.5 Å². The Kier molecular flexibility index (Phi) is 15.5. The van der Waals surface area contributed by atoms with Crippen LogP contribution in [0.3, 0.4) is 0 Å². The van der Waals surface area contributed by atoms with Crippen LogP contribution in [0.5, 0.6) is 0 Å². The van der Waals surface area contributed by atoms with Crippen molar-refractivity contribution in [2.75, 3.05) is 27.8 Å². The maximum Gasteiger partial charge on any atom is 0.311 e. The normalized spacial score (nSPS) is 48.4. The maximum atomic E-state index is 14.3. The van der Waals surface area contributed by atoms with Crippen molar-refractivity contribution >= 4 is 11.8 Å². The number of methoxy groups -OCH3 is 2. The first kappa shape index (κ1) is 46.4. The minimum absolute atomic E-state index is 0.0485. The molecule has 55 heavy (non-hydrogen) atoms. The average molecular weight is 786 g/mol. The van der Waals surface area contributed by atoms with Crippen LogP contribution >= 0.6 is 0 Å². The molecule has 1 aliphatic carbocycles. The summed E-state index contributed by atoms with van der Waals surface area (Å²) in [7, 11) is 5.26. The van der Waals surface area contributed by atoms with Gasteiger partial charge in [-0.1, -0.05) is 34.6 Å². The molecule has 0 bridgehead atoms. The average Bonchev–Trinajstić information content (AvgIpc) is 3.96. The van der Waals surface area contributed by atoms with Crippen molar-refractivity contribution in [1.82, 2.24) is 4.90 Å². The van der Waals surface area contributed by atoms with Crippen LogP contribution in [0.4, 0.5) is 0 Å². The molecule has 3 saturated heterocycles. The van der Waals surface area contributed by atoms with E-state index in [1.165, 1.54) is 19.8 Å². The minimum Gasteiger partial charge on any atom is -0.459 e. The van der Waals surface area contributed by atoms with E-state index in [9.17, 15) is 24.9 Å². The van der Waals surface area contributed by atoms with Crippen molar-refractivity contribution in [3.05, 3.63) is 0 Å². The molecule has 18 atom stereocenters. The predicted molar refractivity (Wildman–Crippen MR) is 206 cm³/mol. The quantitative estimate of drug-likeness (QED) is 0.266. The SMILES string of the molecule is CC[C@H]1OC(=O)[C@H](C)[C@@H](O[C@H]2C[C@@](C)(OC)[C@@H](C)[C@H](C)O2)[C@H](C)[C@@H](O[C@@H]2O[C@H](C)C[C@H](N(C)CC3CC3)[C@H]2O)[C@](C)(OC)C[C@@H](C)C(=O)[C@H](C)[C@@H](O)[C@]1(C)O. The molecule has 4 aliphatic rings. The molecule has 4 fully saturated rings. The van der Waals surface area contributed by atoms with Gasteiger partial charge < -0.3 is 53.4 Å². The molecule has 13 heteroatoms. The molecule has 13 nitrogen and oxygen atoms in total. The molecule has 0 radical (unpaired) electrons. The van der Waals surface area contributed by atoms with E-state index >= 15 is 0 Å². The summed E-state index contributed by atoms with van der Waals surface area (Å²) in [4.78, 5) is 30.6. The first-order chi connectivity index (χ1) is 25.5. The lowest BCUT2D eigenvalue weighted by molar-refractivity contribution is -0.315. The minimum atomic E-state index is -1.94. The van der Waals surface area contributed by atoms with Gasteiger partial charge >= 0.3 is 5.97 Å². The predicted octanol–water partition coefficient (Wildman–Crippen LogP) is 4.50. The highest BCUT2D eigenvalue weighted by molar-refractivity contribution is 5.83. The summed E-state index contributed by atoms with van der Waals surface area (Å²) in [6.07, 6.45) is -4.09. The molecule has 320 valence electrons. The zero-order valence-electron chi connectivity index (χ0n) is 36.2. The van der Waals surface area contributed by atoms with E-state index in [-0.39, 0.29) is 42.8 Å². The van der Waals surface area contributed by atoms with Gasteiger partial charge in [0.15, 0.2) is 12.6 Å². The Bertz CT molecular complexity index is 1280. The van der Waals surface area contributed by atoms with E-state index in [1.54, 1.807) is 41.9 Å². The number of ketones is 1. The Hall–Kier alpha value is -1.26. The highest BCUT2D eigenvalue weighted by Gasteiger charge is 2.54.